The lowest BCUT2D eigenvalue weighted by molar-refractivity contribution is -0.225. The van der Waals surface area contributed by atoms with Crippen molar-refractivity contribution in [2.45, 2.75) is 119 Å². The van der Waals surface area contributed by atoms with Gasteiger partial charge in [0.05, 0.1) is 5.56 Å². The smallest absolute Gasteiger partial charge is 0.335 e. The first kappa shape index (κ1) is 35.7. The number of imide groups is 1. The highest BCUT2D eigenvalue weighted by molar-refractivity contribution is 6.01. The lowest BCUT2D eigenvalue weighted by Crippen LogP contribution is -2.65. The van der Waals surface area contributed by atoms with Crippen LogP contribution in [-0.2, 0) is 9.59 Å². The van der Waals surface area contributed by atoms with Gasteiger partial charge in [0.25, 0.3) is 0 Å². The quantitative estimate of drug-likeness (QED) is 0.154. The zero-order valence-electron chi connectivity index (χ0n) is 31.7. The Labute approximate surface area is 300 Å². The maximum atomic E-state index is 12.1. The normalized spacial score (nSPS) is 40.4. The van der Waals surface area contributed by atoms with Gasteiger partial charge in [0, 0.05) is 25.9 Å². The molecule has 6 nitrogen and oxygen atoms in total. The Morgan fingerprint density at radius 1 is 0.900 bits per heavy atom. The van der Waals surface area contributed by atoms with Crippen molar-refractivity contribution < 1.29 is 19.5 Å². The second-order valence-electron chi connectivity index (χ2n) is 18.9. The number of carboxylic acids is 1. The van der Waals surface area contributed by atoms with Crippen molar-refractivity contribution in [3.05, 3.63) is 53.6 Å². The van der Waals surface area contributed by atoms with Crippen molar-refractivity contribution in [2.75, 3.05) is 19.6 Å². The third-order valence-electron chi connectivity index (χ3n) is 16.6. The number of hydrogen-bond acceptors (Lipinski definition) is 4. The number of fused-ring (bicyclic) bond motifs is 7. The number of carbonyl (C=O) groups is 3. The minimum Gasteiger partial charge on any atom is -0.478 e. The summed E-state index contributed by atoms with van der Waals surface area (Å²) in [6, 6.07) is 7.58. The molecular formula is C44H62N2O4. The Bertz CT molecular complexity index is 1580. The molecule has 7 rings (SSSR count). The number of nitrogens with zero attached hydrogens (tertiary/aromatic N) is 1. The van der Waals surface area contributed by atoms with E-state index >= 15 is 0 Å². The van der Waals surface area contributed by atoms with Crippen molar-refractivity contribution in [3.63, 3.8) is 0 Å². The van der Waals surface area contributed by atoms with Crippen LogP contribution in [0.2, 0.25) is 0 Å². The first-order valence-electron chi connectivity index (χ1n) is 19.8. The van der Waals surface area contributed by atoms with Crippen LogP contribution in [0.3, 0.4) is 0 Å². The Balaban J connectivity index is 1.12. The van der Waals surface area contributed by atoms with Crippen LogP contribution < -0.4 is 5.32 Å². The van der Waals surface area contributed by atoms with Gasteiger partial charge in [-0.1, -0.05) is 65.0 Å². The molecule has 1 heterocycles. The van der Waals surface area contributed by atoms with Gasteiger partial charge in [-0.2, -0.15) is 0 Å². The monoisotopic (exact) mass is 682 g/mol. The van der Waals surface area contributed by atoms with E-state index in [2.05, 4.69) is 59.5 Å². The Morgan fingerprint density at radius 2 is 1.60 bits per heavy atom. The molecule has 6 heteroatoms. The highest BCUT2D eigenvalue weighted by Crippen LogP contribution is 2.77. The highest BCUT2D eigenvalue weighted by Gasteiger charge is 2.70. The van der Waals surface area contributed by atoms with E-state index in [1.807, 2.05) is 12.1 Å². The van der Waals surface area contributed by atoms with Crippen LogP contribution >= 0.6 is 0 Å². The molecule has 0 spiro atoms. The number of hydrogen-bond donors (Lipinski definition) is 2. The summed E-state index contributed by atoms with van der Waals surface area (Å²) in [5, 5.41) is 13.4. The van der Waals surface area contributed by atoms with Crippen molar-refractivity contribution in [1.82, 2.24) is 10.2 Å². The van der Waals surface area contributed by atoms with Gasteiger partial charge in [0.15, 0.2) is 0 Å². The van der Waals surface area contributed by atoms with E-state index in [9.17, 15) is 19.5 Å². The van der Waals surface area contributed by atoms with E-state index in [4.69, 9.17) is 0 Å². The lowest BCUT2D eigenvalue weighted by Gasteiger charge is -2.72. The summed E-state index contributed by atoms with van der Waals surface area (Å²) in [6.07, 6.45) is 15.4. The van der Waals surface area contributed by atoms with Crippen molar-refractivity contribution >= 4 is 23.4 Å². The van der Waals surface area contributed by atoms with Crippen molar-refractivity contribution in [1.29, 1.82) is 0 Å². The van der Waals surface area contributed by atoms with E-state index in [0.717, 1.165) is 25.9 Å². The molecular weight excluding hydrogens is 620 g/mol. The van der Waals surface area contributed by atoms with Gasteiger partial charge in [0.1, 0.15) is 0 Å². The van der Waals surface area contributed by atoms with Crippen LogP contribution in [-0.4, -0.2) is 47.4 Å². The number of allylic oxidation sites excluding steroid dienone is 3. The first-order chi connectivity index (χ1) is 23.6. The maximum Gasteiger partial charge on any atom is 0.335 e. The van der Waals surface area contributed by atoms with Crippen LogP contribution in [0.25, 0.3) is 5.57 Å². The van der Waals surface area contributed by atoms with Gasteiger partial charge in [-0.15, -0.1) is 0 Å². The van der Waals surface area contributed by atoms with Gasteiger partial charge in [0.2, 0.25) is 11.8 Å². The third kappa shape index (κ3) is 5.23. The molecule has 9 atom stereocenters. The molecule has 50 heavy (non-hydrogen) atoms. The van der Waals surface area contributed by atoms with Gasteiger partial charge in [-0.05, 0) is 158 Å². The first-order valence-corrected chi connectivity index (χ1v) is 19.8. The second-order valence-corrected chi connectivity index (χ2v) is 18.9. The summed E-state index contributed by atoms with van der Waals surface area (Å²) < 4.78 is 0. The van der Waals surface area contributed by atoms with E-state index in [0.29, 0.717) is 54.5 Å². The van der Waals surface area contributed by atoms with Crippen LogP contribution in [0.15, 0.2) is 42.5 Å². The SMILES string of the molecule is C=C(C)[C@@H]1CC[C@]2(CNCCCN3C(=O)CCC3=O)CC[C@]3(C)[C@H](CC[C@@H]4[C@@]5(C)CC=C(c6ccc(C(=O)O)cc6)C(C)(C)[C@@H]5CC[C@]43C)[C@@H]12. The highest BCUT2D eigenvalue weighted by atomic mass is 16.4. The molecule has 1 aromatic carbocycles. The van der Waals surface area contributed by atoms with Crippen molar-refractivity contribution in [2.24, 2.45) is 56.7 Å². The fraction of sp³-hybridized carbons (Fsp3) is 0.705. The molecule has 1 aliphatic heterocycles. The number of benzene rings is 1. The van der Waals surface area contributed by atoms with Crippen LogP contribution in [0.4, 0.5) is 0 Å². The molecule has 2 N–H and O–H groups in total. The molecule has 0 radical (unpaired) electrons. The Hall–Kier alpha value is -2.73. The Kier molecular flexibility index (Phi) is 8.88. The summed E-state index contributed by atoms with van der Waals surface area (Å²) in [5.41, 5.74) is 5.38. The number of carbonyl (C=O) groups excluding carboxylic acids is 2. The van der Waals surface area contributed by atoms with Gasteiger partial charge >= 0.3 is 5.97 Å². The fourth-order valence-electron chi connectivity index (χ4n) is 14.1. The number of likely N-dealkylation sites (tertiary alicyclic amines) is 1. The summed E-state index contributed by atoms with van der Waals surface area (Å²) in [4.78, 5) is 37.3. The van der Waals surface area contributed by atoms with E-state index in [-0.39, 0.29) is 38.9 Å². The molecule has 6 aliphatic rings. The Morgan fingerprint density at radius 3 is 2.26 bits per heavy atom. The molecule has 272 valence electrons. The maximum absolute atomic E-state index is 12.1. The summed E-state index contributed by atoms with van der Waals surface area (Å²) in [7, 11) is 0. The minimum absolute atomic E-state index is 0.00663. The van der Waals surface area contributed by atoms with Gasteiger partial charge in [-0.25, -0.2) is 4.79 Å². The summed E-state index contributed by atoms with van der Waals surface area (Å²) in [6.45, 7) is 22.3. The minimum atomic E-state index is -0.870. The van der Waals surface area contributed by atoms with E-state index in [1.165, 1.54) is 73.0 Å². The van der Waals surface area contributed by atoms with Crippen LogP contribution in [0.5, 0.6) is 0 Å². The van der Waals surface area contributed by atoms with Crippen LogP contribution in [0.1, 0.15) is 135 Å². The number of amides is 2. The molecule has 0 bridgehead atoms. The molecule has 0 unspecified atom stereocenters. The number of aromatic carboxylic acids is 1. The molecule has 2 amide bonds. The third-order valence-corrected chi connectivity index (χ3v) is 16.6. The summed E-state index contributed by atoms with van der Waals surface area (Å²) >= 11 is 0. The molecule has 1 aromatic rings. The fourth-order valence-corrected chi connectivity index (χ4v) is 14.1. The zero-order valence-corrected chi connectivity index (χ0v) is 31.7. The largest absolute Gasteiger partial charge is 0.478 e. The molecule has 5 fully saturated rings. The van der Waals surface area contributed by atoms with E-state index in [1.54, 1.807) is 12.1 Å². The average Bonchev–Trinajstić information content (AvgIpc) is 3.60. The van der Waals surface area contributed by atoms with Crippen LogP contribution in [0, 0.1) is 56.7 Å². The lowest BCUT2D eigenvalue weighted by atomic mass is 9.32. The number of nitrogens with one attached hydrogen (secondary N) is 1. The molecule has 0 aromatic heterocycles. The standard InChI is InChI=1S/C44H62N2O4/c1-28(2)31-17-22-44(27-45-25-8-26-46-36(47)15-16-37(46)48)24-23-42(6)33(38(31)44)13-14-35-41(5)20-18-32(29-9-11-30(12-10-29)39(49)50)40(3,4)34(41)19-21-43(35,42)7/h9-12,18,31,33-35,38,45H,1,8,13-17,19-27H2,2-7H3,(H,49,50)/t31-,33+,34-,35+,38+,41-,42+,43+,44+/m0/s1. The number of rotatable bonds is 9. The zero-order chi connectivity index (χ0) is 35.9. The van der Waals surface area contributed by atoms with Gasteiger partial charge in [-0.3, -0.25) is 14.5 Å². The van der Waals surface area contributed by atoms with Gasteiger partial charge < -0.3 is 10.4 Å². The topological polar surface area (TPSA) is 86.7 Å². The van der Waals surface area contributed by atoms with E-state index < -0.39 is 5.97 Å². The molecule has 1 saturated heterocycles. The second kappa shape index (κ2) is 12.5. The predicted octanol–water partition coefficient (Wildman–Crippen LogP) is 9.16. The predicted molar refractivity (Wildman–Crippen MR) is 199 cm³/mol. The molecule has 4 saturated carbocycles. The van der Waals surface area contributed by atoms with Crippen molar-refractivity contribution in [3.8, 4) is 0 Å². The molecule has 5 aliphatic carbocycles. The number of carboxylic acid groups (broad SMARTS) is 1. The summed E-state index contributed by atoms with van der Waals surface area (Å²) in [5.74, 6) is 2.30. The average molecular weight is 683 g/mol.